The van der Waals surface area contributed by atoms with E-state index in [0.717, 1.165) is 30.4 Å². The third kappa shape index (κ3) is 3.01. The number of amidine groups is 1. The van der Waals surface area contributed by atoms with E-state index in [1.165, 1.54) is 0 Å². The average Bonchev–Trinajstić information content (AvgIpc) is 2.50. The third-order valence-corrected chi connectivity index (χ3v) is 4.51. The summed E-state index contributed by atoms with van der Waals surface area (Å²) in [7, 11) is 0. The maximum Gasteiger partial charge on any atom is 0.252 e. The molecule has 1 saturated carbocycles. The zero-order chi connectivity index (χ0) is 15.5. The van der Waals surface area contributed by atoms with Crippen LogP contribution in [0.3, 0.4) is 0 Å². The molecule has 1 aromatic carbocycles. The van der Waals surface area contributed by atoms with Crippen LogP contribution in [0.25, 0.3) is 0 Å². The van der Waals surface area contributed by atoms with E-state index in [0.29, 0.717) is 18.4 Å². The minimum absolute atomic E-state index is 0.0980. The minimum atomic E-state index is -0.722. The molecule has 5 nitrogen and oxygen atoms in total. The number of amides is 1. The molecule has 0 bridgehead atoms. The lowest BCUT2D eigenvalue weighted by Gasteiger charge is -2.37. The molecule has 21 heavy (non-hydrogen) atoms. The predicted molar refractivity (Wildman–Crippen MR) is 82.6 cm³/mol. The van der Waals surface area contributed by atoms with Gasteiger partial charge in [-0.2, -0.15) is 0 Å². The molecular formula is C16H23N3O2. The van der Waals surface area contributed by atoms with Gasteiger partial charge in [-0.1, -0.05) is 36.6 Å². The predicted octanol–water partition coefficient (Wildman–Crippen LogP) is 2.48. The van der Waals surface area contributed by atoms with Crippen molar-refractivity contribution in [3.8, 4) is 0 Å². The summed E-state index contributed by atoms with van der Waals surface area (Å²) in [5.74, 6) is -0.0643. The van der Waals surface area contributed by atoms with Crippen molar-refractivity contribution in [2.24, 2.45) is 10.9 Å². The zero-order valence-corrected chi connectivity index (χ0v) is 12.6. The number of hydrogen-bond acceptors (Lipinski definition) is 3. The molecule has 114 valence electrons. The van der Waals surface area contributed by atoms with Crippen LogP contribution in [-0.4, -0.2) is 22.5 Å². The second-order valence-corrected chi connectivity index (χ2v) is 5.83. The van der Waals surface area contributed by atoms with Crippen LogP contribution in [0.2, 0.25) is 0 Å². The van der Waals surface area contributed by atoms with Crippen molar-refractivity contribution in [1.82, 2.24) is 5.32 Å². The van der Waals surface area contributed by atoms with Gasteiger partial charge in [-0.3, -0.25) is 4.79 Å². The number of oxime groups is 1. The zero-order valence-electron chi connectivity index (χ0n) is 12.6. The van der Waals surface area contributed by atoms with Crippen molar-refractivity contribution in [2.75, 3.05) is 0 Å². The molecule has 1 amide bonds. The number of hydrogen-bond donors (Lipinski definition) is 3. The van der Waals surface area contributed by atoms with Gasteiger partial charge in [-0.25, -0.2) is 0 Å². The molecule has 0 saturated heterocycles. The average molecular weight is 289 g/mol. The monoisotopic (exact) mass is 289 g/mol. The molecule has 0 atom stereocenters. The van der Waals surface area contributed by atoms with Crippen LogP contribution in [0.15, 0.2) is 23.4 Å². The largest absolute Gasteiger partial charge is 0.409 e. The maximum atomic E-state index is 12.6. The molecule has 0 aromatic heterocycles. The number of aryl methyl sites for hydroxylation is 1. The van der Waals surface area contributed by atoms with E-state index in [9.17, 15) is 4.79 Å². The number of carbonyl (C=O) groups excluding carboxylic acids is 1. The summed E-state index contributed by atoms with van der Waals surface area (Å²) in [6.45, 7) is 3.91. The standard InChI is InChI=1S/C16H23N3O2/c1-11-7-6-8-13(12(11)2)14(20)18-16(15(17)19-21)9-4-3-5-10-16/h6-8,21H,3-5,9-10H2,1-2H3,(H2,17,19)(H,18,20). The Morgan fingerprint density at radius 3 is 2.57 bits per heavy atom. The van der Waals surface area contributed by atoms with Gasteiger partial charge in [0.25, 0.3) is 5.91 Å². The van der Waals surface area contributed by atoms with Crippen molar-refractivity contribution in [3.63, 3.8) is 0 Å². The van der Waals surface area contributed by atoms with Gasteiger partial charge in [-0.15, -0.1) is 0 Å². The van der Waals surface area contributed by atoms with Crippen LogP contribution >= 0.6 is 0 Å². The van der Waals surface area contributed by atoms with Crippen LogP contribution in [0.1, 0.15) is 53.6 Å². The van der Waals surface area contributed by atoms with E-state index in [1.807, 2.05) is 26.0 Å². The lowest BCUT2D eigenvalue weighted by Crippen LogP contribution is -2.58. The Balaban J connectivity index is 2.28. The van der Waals surface area contributed by atoms with E-state index < -0.39 is 5.54 Å². The Morgan fingerprint density at radius 2 is 1.95 bits per heavy atom. The molecule has 0 heterocycles. The van der Waals surface area contributed by atoms with Gasteiger partial charge in [0.2, 0.25) is 0 Å². The lowest BCUT2D eigenvalue weighted by molar-refractivity contribution is 0.0905. The molecule has 1 aliphatic rings. The summed E-state index contributed by atoms with van der Waals surface area (Å²) in [5.41, 5.74) is 7.82. The topological polar surface area (TPSA) is 87.7 Å². The van der Waals surface area contributed by atoms with Gasteiger partial charge in [0.1, 0.15) is 5.54 Å². The Bertz CT molecular complexity index is 561. The van der Waals surface area contributed by atoms with E-state index in [-0.39, 0.29) is 11.7 Å². The Kier molecular flexibility index (Phi) is 4.50. The highest BCUT2D eigenvalue weighted by Crippen LogP contribution is 2.29. The highest BCUT2D eigenvalue weighted by molar-refractivity contribution is 6.01. The third-order valence-electron chi connectivity index (χ3n) is 4.51. The van der Waals surface area contributed by atoms with Gasteiger partial charge in [0.15, 0.2) is 5.84 Å². The molecule has 4 N–H and O–H groups in total. The van der Waals surface area contributed by atoms with Gasteiger partial charge in [-0.05, 0) is 43.9 Å². The van der Waals surface area contributed by atoms with Crippen molar-refractivity contribution in [3.05, 3.63) is 34.9 Å². The molecule has 2 rings (SSSR count). The maximum absolute atomic E-state index is 12.6. The van der Waals surface area contributed by atoms with Crippen molar-refractivity contribution >= 4 is 11.7 Å². The number of nitrogens with zero attached hydrogens (tertiary/aromatic N) is 1. The molecule has 1 fully saturated rings. The first-order valence-electron chi connectivity index (χ1n) is 7.37. The van der Waals surface area contributed by atoms with Crippen molar-refractivity contribution in [1.29, 1.82) is 0 Å². The summed E-state index contributed by atoms with van der Waals surface area (Å²) < 4.78 is 0. The van der Waals surface area contributed by atoms with Gasteiger partial charge in [0.05, 0.1) is 0 Å². The first-order valence-corrected chi connectivity index (χ1v) is 7.37. The fourth-order valence-corrected chi connectivity index (χ4v) is 2.98. The van der Waals surface area contributed by atoms with Crippen LogP contribution < -0.4 is 11.1 Å². The van der Waals surface area contributed by atoms with E-state index in [2.05, 4.69) is 10.5 Å². The smallest absolute Gasteiger partial charge is 0.252 e. The lowest BCUT2D eigenvalue weighted by atomic mass is 9.80. The van der Waals surface area contributed by atoms with Crippen LogP contribution in [0, 0.1) is 13.8 Å². The number of rotatable bonds is 3. The fraction of sp³-hybridized carbons (Fsp3) is 0.500. The molecule has 0 spiro atoms. The Morgan fingerprint density at radius 1 is 1.29 bits per heavy atom. The summed E-state index contributed by atoms with van der Waals surface area (Å²) in [6.07, 6.45) is 4.45. The van der Waals surface area contributed by atoms with Crippen LogP contribution in [0.4, 0.5) is 0 Å². The van der Waals surface area contributed by atoms with E-state index >= 15 is 0 Å². The SMILES string of the molecule is Cc1cccc(C(=O)NC2(/C(N)=N/O)CCCCC2)c1C. The number of nitrogens with two attached hydrogens (primary N) is 1. The number of benzene rings is 1. The Labute approximate surface area is 125 Å². The minimum Gasteiger partial charge on any atom is -0.409 e. The summed E-state index contributed by atoms with van der Waals surface area (Å²) in [6, 6.07) is 5.65. The molecule has 5 heteroatoms. The van der Waals surface area contributed by atoms with Gasteiger partial charge >= 0.3 is 0 Å². The number of carbonyl (C=O) groups is 1. The second kappa shape index (κ2) is 6.16. The highest BCUT2D eigenvalue weighted by Gasteiger charge is 2.38. The second-order valence-electron chi connectivity index (χ2n) is 5.83. The summed E-state index contributed by atoms with van der Waals surface area (Å²) >= 11 is 0. The first kappa shape index (κ1) is 15.4. The van der Waals surface area contributed by atoms with Gasteiger partial charge in [0, 0.05) is 5.56 Å². The Hall–Kier alpha value is -2.04. The summed E-state index contributed by atoms with van der Waals surface area (Å²) in [5, 5.41) is 15.2. The molecule has 1 aliphatic carbocycles. The number of nitrogens with one attached hydrogen (secondary N) is 1. The normalized spacial score (nSPS) is 18.3. The van der Waals surface area contributed by atoms with Crippen molar-refractivity contribution in [2.45, 2.75) is 51.5 Å². The molecule has 0 unspecified atom stereocenters. The van der Waals surface area contributed by atoms with Gasteiger partial charge < -0.3 is 16.3 Å². The van der Waals surface area contributed by atoms with E-state index in [4.69, 9.17) is 10.9 Å². The molecule has 0 aliphatic heterocycles. The molecule has 0 radical (unpaired) electrons. The first-order chi connectivity index (χ1) is 10.00. The van der Waals surface area contributed by atoms with E-state index in [1.54, 1.807) is 6.07 Å². The summed E-state index contributed by atoms with van der Waals surface area (Å²) in [4.78, 5) is 12.6. The van der Waals surface area contributed by atoms with Crippen LogP contribution in [0.5, 0.6) is 0 Å². The highest BCUT2D eigenvalue weighted by atomic mass is 16.4. The fourth-order valence-electron chi connectivity index (χ4n) is 2.98. The quantitative estimate of drug-likeness (QED) is 0.346. The molecular weight excluding hydrogens is 266 g/mol. The van der Waals surface area contributed by atoms with Crippen LogP contribution in [-0.2, 0) is 0 Å². The van der Waals surface area contributed by atoms with Crippen molar-refractivity contribution < 1.29 is 10.0 Å². The molecule has 1 aromatic rings.